The zero-order valence-electron chi connectivity index (χ0n) is 17.4. The number of imidazole rings is 1. The van der Waals surface area contributed by atoms with Gasteiger partial charge < -0.3 is 9.47 Å². The molecule has 0 spiro atoms. The summed E-state index contributed by atoms with van der Waals surface area (Å²) in [5, 5.41) is 0.921. The molecule has 4 rings (SSSR count). The fraction of sp³-hybridized carbons (Fsp3) is 0.478. The maximum atomic E-state index is 6.44. The molecule has 1 aromatic carbocycles. The van der Waals surface area contributed by atoms with Crippen molar-refractivity contribution < 1.29 is 9.47 Å². The van der Waals surface area contributed by atoms with Crippen molar-refractivity contribution in [2.45, 2.75) is 69.7 Å². The molecule has 154 valence electrons. The second kappa shape index (κ2) is 9.08. The van der Waals surface area contributed by atoms with Crippen molar-refractivity contribution in [2.75, 3.05) is 6.26 Å². The Labute approximate surface area is 176 Å². The molecule has 1 fully saturated rings. The van der Waals surface area contributed by atoms with E-state index in [1.807, 2.05) is 29.0 Å². The van der Waals surface area contributed by atoms with Crippen LogP contribution in [0.3, 0.4) is 0 Å². The molecule has 1 saturated carbocycles. The third-order valence-corrected chi connectivity index (χ3v) is 6.18. The summed E-state index contributed by atoms with van der Waals surface area (Å²) in [6, 6.07) is 8.19. The first kappa shape index (κ1) is 20.1. The van der Waals surface area contributed by atoms with E-state index in [1.165, 1.54) is 19.3 Å². The smallest absolute Gasteiger partial charge is 0.174 e. The first-order valence-electron chi connectivity index (χ1n) is 10.5. The van der Waals surface area contributed by atoms with E-state index in [2.05, 4.69) is 31.0 Å². The number of ether oxygens (including phenoxy) is 2. The Morgan fingerprint density at radius 2 is 2.00 bits per heavy atom. The number of thioether (sulfide) groups is 1. The molecule has 0 N–H and O–H groups in total. The Hall–Kier alpha value is -2.21. The third kappa shape index (κ3) is 4.53. The molecular formula is C23H29N3O2S. The number of hydrogen-bond donors (Lipinski definition) is 0. The van der Waals surface area contributed by atoms with Crippen molar-refractivity contribution in [2.24, 2.45) is 0 Å². The monoisotopic (exact) mass is 411 g/mol. The molecule has 0 aliphatic heterocycles. The molecule has 1 atom stereocenters. The van der Waals surface area contributed by atoms with E-state index in [1.54, 1.807) is 18.0 Å². The Bertz CT molecular complexity index is 966. The molecular weight excluding hydrogens is 382 g/mol. The van der Waals surface area contributed by atoms with E-state index in [9.17, 15) is 0 Å². The lowest BCUT2D eigenvalue weighted by Crippen LogP contribution is -2.20. The van der Waals surface area contributed by atoms with Gasteiger partial charge in [-0.1, -0.05) is 25.1 Å². The molecule has 1 aliphatic carbocycles. The molecule has 0 saturated heterocycles. The van der Waals surface area contributed by atoms with Gasteiger partial charge in [-0.2, -0.15) is 0 Å². The Morgan fingerprint density at radius 3 is 2.76 bits per heavy atom. The maximum absolute atomic E-state index is 6.44. The predicted molar refractivity (Wildman–Crippen MR) is 118 cm³/mol. The van der Waals surface area contributed by atoms with E-state index in [4.69, 9.17) is 14.5 Å². The van der Waals surface area contributed by atoms with Crippen molar-refractivity contribution in [3.8, 4) is 22.8 Å². The van der Waals surface area contributed by atoms with E-state index < -0.39 is 0 Å². The van der Waals surface area contributed by atoms with Crippen LogP contribution in [0.5, 0.6) is 11.5 Å². The van der Waals surface area contributed by atoms with Crippen LogP contribution in [-0.4, -0.2) is 32.8 Å². The Balaban J connectivity index is 1.71. The molecule has 29 heavy (non-hydrogen) atoms. The zero-order chi connectivity index (χ0) is 20.2. The van der Waals surface area contributed by atoms with E-state index in [0.29, 0.717) is 0 Å². The van der Waals surface area contributed by atoms with Crippen LogP contribution in [0, 0.1) is 0 Å². The van der Waals surface area contributed by atoms with Crippen molar-refractivity contribution >= 4 is 17.4 Å². The summed E-state index contributed by atoms with van der Waals surface area (Å²) in [5.74, 6) is 1.64. The second-order valence-electron chi connectivity index (χ2n) is 7.66. The third-order valence-electron chi connectivity index (χ3n) is 5.53. The highest BCUT2D eigenvalue weighted by atomic mass is 32.2. The Morgan fingerprint density at radius 1 is 1.17 bits per heavy atom. The first-order valence-corrected chi connectivity index (χ1v) is 11.8. The van der Waals surface area contributed by atoms with Gasteiger partial charge in [0.1, 0.15) is 5.65 Å². The first-order chi connectivity index (χ1) is 14.2. The largest absolute Gasteiger partial charge is 0.487 e. The normalized spacial score (nSPS) is 16.1. The number of fused-ring (bicyclic) bond motifs is 1. The van der Waals surface area contributed by atoms with Crippen LogP contribution < -0.4 is 9.47 Å². The summed E-state index contributed by atoms with van der Waals surface area (Å²) in [7, 11) is 0. The average Bonchev–Trinajstić information content (AvgIpc) is 3.23. The SMILES string of the molecule is CCC(C)Oc1ccc(-c2cc3nccn3c(SC)n2)cc1OC1CCCCC1. The van der Waals surface area contributed by atoms with Gasteiger partial charge in [-0.15, -0.1) is 0 Å². The fourth-order valence-electron chi connectivity index (χ4n) is 3.71. The number of rotatable bonds is 7. The molecule has 1 aliphatic rings. The van der Waals surface area contributed by atoms with Crippen LogP contribution in [0.4, 0.5) is 0 Å². The minimum atomic E-state index is 0.150. The number of nitrogens with zero attached hydrogens (tertiary/aromatic N) is 3. The van der Waals surface area contributed by atoms with E-state index in [-0.39, 0.29) is 12.2 Å². The van der Waals surface area contributed by atoms with Crippen LogP contribution in [0.2, 0.25) is 0 Å². The zero-order valence-corrected chi connectivity index (χ0v) is 18.2. The maximum Gasteiger partial charge on any atom is 0.174 e. The van der Waals surface area contributed by atoms with Gasteiger partial charge in [0.05, 0.1) is 17.9 Å². The van der Waals surface area contributed by atoms with Crippen molar-refractivity contribution in [1.82, 2.24) is 14.4 Å². The summed E-state index contributed by atoms with van der Waals surface area (Å²) in [6.45, 7) is 4.23. The van der Waals surface area contributed by atoms with Crippen LogP contribution in [-0.2, 0) is 0 Å². The molecule has 5 nitrogen and oxygen atoms in total. The lowest BCUT2D eigenvalue weighted by Gasteiger charge is -2.25. The summed E-state index contributed by atoms with van der Waals surface area (Å²) in [5.41, 5.74) is 2.82. The van der Waals surface area contributed by atoms with Gasteiger partial charge in [0.15, 0.2) is 16.7 Å². The van der Waals surface area contributed by atoms with Crippen molar-refractivity contribution in [1.29, 1.82) is 0 Å². The second-order valence-corrected chi connectivity index (χ2v) is 8.43. The highest BCUT2D eigenvalue weighted by molar-refractivity contribution is 7.98. The van der Waals surface area contributed by atoms with Crippen molar-refractivity contribution in [3.63, 3.8) is 0 Å². The molecule has 2 heterocycles. The van der Waals surface area contributed by atoms with Crippen molar-refractivity contribution in [3.05, 3.63) is 36.7 Å². The molecule has 2 aromatic heterocycles. The number of hydrogen-bond acceptors (Lipinski definition) is 5. The topological polar surface area (TPSA) is 48.7 Å². The molecule has 3 aromatic rings. The van der Waals surface area contributed by atoms with Gasteiger partial charge in [-0.3, -0.25) is 4.40 Å². The highest BCUT2D eigenvalue weighted by Crippen LogP contribution is 2.36. The number of benzene rings is 1. The van der Waals surface area contributed by atoms with E-state index in [0.717, 1.165) is 52.8 Å². The van der Waals surface area contributed by atoms with Gasteiger partial charge in [0.25, 0.3) is 0 Å². The van der Waals surface area contributed by atoms with Gasteiger partial charge in [-0.25, -0.2) is 9.97 Å². The van der Waals surface area contributed by atoms with Gasteiger partial charge >= 0.3 is 0 Å². The molecule has 6 heteroatoms. The lowest BCUT2D eigenvalue weighted by atomic mass is 9.98. The minimum Gasteiger partial charge on any atom is -0.487 e. The van der Waals surface area contributed by atoms with Gasteiger partial charge in [0, 0.05) is 24.0 Å². The summed E-state index contributed by atoms with van der Waals surface area (Å²) < 4.78 is 14.6. The van der Waals surface area contributed by atoms with Gasteiger partial charge in [0.2, 0.25) is 0 Å². The van der Waals surface area contributed by atoms with Crippen LogP contribution in [0.25, 0.3) is 16.9 Å². The molecule has 0 amide bonds. The predicted octanol–water partition coefficient (Wildman–Crippen LogP) is 6.01. The molecule has 1 unspecified atom stereocenters. The minimum absolute atomic E-state index is 0.150. The molecule has 0 radical (unpaired) electrons. The Kier molecular flexibility index (Phi) is 6.28. The quantitative estimate of drug-likeness (QED) is 0.352. The lowest BCUT2D eigenvalue weighted by molar-refractivity contribution is 0.139. The summed E-state index contributed by atoms with van der Waals surface area (Å²) in [6.07, 6.45) is 13.2. The molecule has 0 bridgehead atoms. The summed E-state index contributed by atoms with van der Waals surface area (Å²) >= 11 is 1.61. The van der Waals surface area contributed by atoms with Crippen LogP contribution >= 0.6 is 11.8 Å². The fourth-order valence-corrected chi connectivity index (χ4v) is 4.25. The van der Waals surface area contributed by atoms with Gasteiger partial charge in [-0.05, 0) is 63.5 Å². The number of aromatic nitrogens is 3. The van der Waals surface area contributed by atoms with Crippen LogP contribution in [0.15, 0.2) is 41.8 Å². The summed E-state index contributed by atoms with van der Waals surface area (Å²) in [4.78, 5) is 9.30. The standard InChI is InChI=1S/C23H29N3O2S/c1-4-16(2)27-20-11-10-17(14-21(20)28-18-8-6-5-7-9-18)19-15-22-24-12-13-26(22)23(25-19)29-3/h10-16,18H,4-9H2,1-3H3. The highest BCUT2D eigenvalue weighted by Gasteiger charge is 2.19. The van der Waals surface area contributed by atoms with E-state index >= 15 is 0 Å². The average molecular weight is 412 g/mol. The van der Waals surface area contributed by atoms with Crippen LogP contribution in [0.1, 0.15) is 52.4 Å².